The van der Waals surface area contributed by atoms with Gasteiger partial charge in [0, 0.05) is 39.0 Å². The van der Waals surface area contributed by atoms with E-state index in [1.807, 2.05) is 7.05 Å². The number of fused-ring (bicyclic) bond motifs is 1. The number of anilines is 1. The summed E-state index contributed by atoms with van der Waals surface area (Å²) < 4.78 is 37.1. The van der Waals surface area contributed by atoms with E-state index in [9.17, 15) is 13.2 Å². The van der Waals surface area contributed by atoms with Gasteiger partial charge in [-0.1, -0.05) is 6.92 Å². The molecule has 158 valence electrons. The van der Waals surface area contributed by atoms with Crippen molar-refractivity contribution in [3.05, 3.63) is 23.8 Å². The first-order valence-electron chi connectivity index (χ1n) is 9.25. The highest BCUT2D eigenvalue weighted by Crippen LogP contribution is 2.26. The molecule has 1 aliphatic rings. The maximum Gasteiger partial charge on any atom is 0.257 e. The summed E-state index contributed by atoms with van der Waals surface area (Å²) in [6.07, 6.45) is 0.948. The van der Waals surface area contributed by atoms with Crippen molar-refractivity contribution in [2.45, 2.75) is 26.0 Å². The lowest BCUT2D eigenvalue weighted by Crippen LogP contribution is -2.45. The Hall–Kier alpha value is -1.84. The van der Waals surface area contributed by atoms with Crippen LogP contribution < -0.4 is 9.46 Å². The van der Waals surface area contributed by atoms with Gasteiger partial charge in [-0.3, -0.25) is 14.4 Å². The summed E-state index contributed by atoms with van der Waals surface area (Å²) in [7, 11) is 1.95. The van der Waals surface area contributed by atoms with Gasteiger partial charge in [0.15, 0.2) is 0 Å². The van der Waals surface area contributed by atoms with Crippen LogP contribution in [0.15, 0.2) is 18.2 Å². The number of carbonyl (C=O) groups excluding carboxylic acids is 1. The minimum atomic E-state index is -3.45. The monoisotopic (exact) mass is 413 g/mol. The van der Waals surface area contributed by atoms with Crippen LogP contribution in [0.3, 0.4) is 0 Å². The molecule has 1 aliphatic heterocycles. The van der Waals surface area contributed by atoms with Crippen molar-refractivity contribution >= 4 is 21.6 Å². The van der Waals surface area contributed by atoms with Crippen molar-refractivity contribution in [2.75, 3.05) is 51.9 Å². The number of likely N-dealkylation sites (N-methyl/N-ethyl adjacent to an activating group) is 2. The summed E-state index contributed by atoms with van der Waals surface area (Å²) in [5.41, 5.74) is 0.634. The van der Waals surface area contributed by atoms with Gasteiger partial charge in [-0.15, -0.1) is 0 Å². The van der Waals surface area contributed by atoms with E-state index in [1.54, 1.807) is 31.2 Å². The Kier molecular flexibility index (Phi) is 7.30. The highest BCUT2D eigenvalue weighted by atomic mass is 32.2. The first-order chi connectivity index (χ1) is 13.0. The Labute approximate surface area is 167 Å². The Morgan fingerprint density at radius 3 is 2.50 bits per heavy atom. The van der Waals surface area contributed by atoms with E-state index in [2.05, 4.69) is 23.5 Å². The number of methoxy groups -OCH3 is 1. The van der Waals surface area contributed by atoms with E-state index in [-0.39, 0.29) is 24.0 Å². The van der Waals surface area contributed by atoms with Crippen LogP contribution >= 0.6 is 0 Å². The first kappa shape index (κ1) is 22.4. The predicted molar refractivity (Wildman–Crippen MR) is 109 cm³/mol. The van der Waals surface area contributed by atoms with Crippen molar-refractivity contribution in [3.63, 3.8) is 0 Å². The summed E-state index contributed by atoms with van der Waals surface area (Å²) in [5, 5.41) is 0. The zero-order valence-corrected chi connectivity index (χ0v) is 18.2. The molecule has 0 aromatic heterocycles. The highest BCUT2D eigenvalue weighted by molar-refractivity contribution is 7.92. The van der Waals surface area contributed by atoms with E-state index in [0.29, 0.717) is 30.2 Å². The average Bonchev–Trinajstić information content (AvgIpc) is 2.61. The Morgan fingerprint density at radius 2 is 1.89 bits per heavy atom. The molecule has 0 bridgehead atoms. The molecule has 8 nitrogen and oxygen atoms in total. The van der Waals surface area contributed by atoms with Crippen LogP contribution in [-0.2, 0) is 14.8 Å². The number of nitrogens with zero attached hydrogens (tertiary/aromatic N) is 2. The van der Waals surface area contributed by atoms with E-state index in [0.717, 1.165) is 12.8 Å². The summed E-state index contributed by atoms with van der Waals surface area (Å²) in [6.45, 7) is 5.80. The minimum absolute atomic E-state index is 0.121. The van der Waals surface area contributed by atoms with Crippen LogP contribution in [0.1, 0.15) is 24.2 Å². The largest absolute Gasteiger partial charge is 0.491 e. The summed E-state index contributed by atoms with van der Waals surface area (Å²) in [4.78, 5) is 16.9. The second-order valence-electron chi connectivity index (χ2n) is 7.62. The van der Waals surface area contributed by atoms with Gasteiger partial charge < -0.3 is 14.4 Å². The normalized spacial score (nSPS) is 25.3. The number of hydrogen-bond acceptors (Lipinski definition) is 6. The number of benzene rings is 1. The fourth-order valence-electron chi connectivity index (χ4n) is 3.24. The van der Waals surface area contributed by atoms with Crippen LogP contribution in [0, 0.1) is 5.92 Å². The molecule has 0 saturated heterocycles. The van der Waals surface area contributed by atoms with Gasteiger partial charge in [0.1, 0.15) is 12.4 Å². The van der Waals surface area contributed by atoms with Gasteiger partial charge in [0.25, 0.3) is 5.91 Å². The number of hydrogen-bond donors (Lipinski definition) is 1. The van der Waals surface area contributed by atoms with Crippen molar-refractivity contribution in [3.8, 4) is 5.75 Å². The number of sulfonamides is 1. The molecule has 0 spiro atoms. The summed E-state index contributed by atoms with van der Waals surface area (Å²) in [6, 6.07) is 4.87. The molecule has 0 unspecified atom stereocenters. The van der Waals surface area contributed by atoms with Gasteiger partial charge in [-0.05, 0) is 38.1 Å². The summed E-state index contributed by atoms with van der Waals surface area (Å²) >= 11 is 0. The fraction of sp³-hybridized carbons (Fsp3) is 0.632. The smallest absolute Gasteiger partial charge is 0.257 e. The Morgan fingerprint density at radius 1 is 1.21 bits per heavy atom. The zero-order valence-electron chi connectivity index (χ0n) is 17.4. The van der Waals surface area contributed by atoms with Crippen molar-refractivity contribution < 1.29 is 22.7 Å². The van der Waals surface area contributed by atoms with E-state index in [4.69, 9.17) is 9.47 Å². The lowest BCUT2D eigenvalue weighted by Gasteiger charge is -2.34. The third-order valence-electron chi connectivity index (χ3n) is 5.06. The van der Waals surface area contributed by atoms with E-state index >= 15 is 0 Å². The molecule has 0 radical (unpaired) electrons. The molecule has 1 amide bonds. The molecule has 0 fully saturated rings. The van der Waals surface area contributed by atoms with Crippen molar-refractivity contribution in [2.24, 2.45) is 5.92 Å². The molecule has 28 heavy (non-hydrogen) atoms. The Balaban J connectivity index is 2.43. The molecular weight excluding hydrogens is 382 g/mol. The quantitative estimate of drug-likeness (QED) is 0.808. The SMILES string of the molecule is CO[C@@H]1CN(C)C(=O)c2cc(NS(C)(=O)=O)ccc2OC[C@H](C)N(C)C[C@H]1C. The summed E-state index contributed by atoms with van der Waals surface area (Å²) in [5.74, 6) is 0.395. The zero-order chi connectivity index (χ0) is 21.1. The predicted octanol–water partition coefficient (Wildman–Crippen LogP) is 1.49. The van der Waals surface area contributed by atoms with Crippen LogP contribution in [0.4, 0.5) is 5.69 Å². The van der Waals surface area contributed by atoms with Gasteiger partial charge in [-0.2, -0.15) is 0 Å². The molecule has 1 N–H and O–H groups in total. The van der Waals surface area contributed by atoms with Gasteiger partial charge in [0.05, 0.1) is 17.9 Å². The number of rotatable bonds is 3. The molecule has 9 heteroatoms. The molecule has 3 atom stereocenters. The molecule has 1 heterocycles. The molecule has 0 aliphatic carbocycles. The Bertz CT molecular complexity index is 799. The molecule has 2 rings (SSSR count). The number of nitrogens with one attached hydrogen (secondary N) is 1. The highest BCUT2D eigenvalue weighted by Gasteiger charge is 2.27. The first-order valence-corrected chi connectivity index (χ1v) is 11.1. The lowest BCUT2D eigenvalue weighted by molar-refractivity contribution is 0.0150. The second-order valence-corrected chi connectivity index (χ2v) is 9.37. The second kappa shape index (κ2) is 9.11. The van der Waals surface area contributed by atoms with Gasteiger partial charge >= 0.3 is 0 Å². The van der Waals surface area contributed by atoms with E-state index in [1.165, 1.54) is 6.07 Å². The minimum Gasteiger partial charge on any atom is -0.491 e. The standard InChI is InChI=1S/C19H31N3O5S/c1-13-10-21(3)14(2)12-27-17-8-7-15(20-28(6,24)25)9-16(17)19(23)22(4)11-18(13)26-5/h7-9,13-14,18,20H,10-12H2,1-6H3/t13-,14+,18-/m1/s1. The van der Waals surface area contributed by atoms with E-state index < -0.39 is 10.0 Å². The van der Waals surface area contributed by atoms with Crippen LogP contribution in [0.25, 0.3) is 0 Å². The van der Waals surface area contributed by atoms with Gasteiger partial charge in [-0.25, -0.2) is 8.42 Å². The van der Waals surface area contributed by atoms with Crippen LogP contribution in [0.2, 0.25) is 0 Å². The maximum absolute atomic E-state index is 13.1. The maximum atomic E-state index is 13.1. The molecule has 1 aromatic rings. The molecule has 1 aromatic carbocycles. The number of ether oxygens (including phenoxy) is 2. The molecule has 0 saturated carbocycles. The topological polar surface area (TPSA) is 88.2 Å². The van der Waals surface area contributed by atoms with Crippen molar-refractivity contribution in [1.82, 2.24) is 9.80 Å². The number of amides is 1. The van der Waals surface area contributed by atoms with Gasteiger partial charge in [0.2, 0.25) is 10.0 Å². The number of carbonyl (C=O) groups is 1. The van der Waals surface area contributed by atoms with Crippen LogP contribution in [0.5, 0.6) is 5.75 Å². The third kappa shape index (κ3) is 5.83. The molecular formula is C19H31N3O5S. The van der Waals surface area contributed by atoms with Crippen LogP contribution in [-0.4, -0.2) is 83.4 Å². The fourth-order valence-corrected chi connectivity index (χ4v) is 3.79. The third-order valence-corrected chi connectivity index (χ3v) is 5.67. The average molecular weight is 414 g/mol. The van der Waals surface area contributed by atoms with Crippen molar-refractivity contribution in [1.29, 1.82) is 0 Å². The lowest BCUT2D eigenvalue weighted by atomic mass is 10.0.